The number of aliphatic imine (C=N–C) groups is 1. The van der Waals surface area contributed by atoms with E-state index in [2.05, 4.69) is 33.8 Å². The number of hydrogen-bond acceptors (Lipinski definition) is 3. The lowest BCUT2D eigenvalue weighted by molar-refractivity contribution is 0.0963. The molecule has 2 aromatic carbocycles. The summed E-state index contributed by atoms with van der Waals surface area (Å²) in [6, 6.07) is 16.0. The zero-order valence-corrected chi connectivity index (χ0v) is 21.1. The van der Waals surface area contributed by atoms with Gasteiger partial charge in [0.25, 0.3) is 5.91 Å². The Morgan fingerprint density at radius 3 is 2.77 bits per heavy atom. The van der Waals surface area contributed by atoms with Gasteiger partial charge < -0.3 is 20.9 Å². The first-order valence-electron chi connectivity index (χ1n) is 10.5. The second-order valence-electron chi connectivity index (χ2n) is 7.35. The molecule has 168 valence electrons. The van der Waals surface area contributed by atoms with Gasteiger partial charge in [0.2, 0.25) is 0 Å². The molecule has 8 heteroatoms. The van der Waals surface area contributed by atoms with Crippen molar-refractivity contribution in [2.75, 3.05) is 38.1 Å². The summed E-state index contributed by atoms with van der Waals surface area (Å²) in [4.78, 5) is 18.9. The first-order valence-corrected chi connectivity index (χ1v) is 10.8. The number of rotatable bonds is 7. The largest absolute Gasteiger partial charge is 0.369 e. The lowest BCUT2D eigenvalue weighted by Gasteiger charge is -2.20. The summed E-state index contributed by atoms with van der Waals surface area (Å²) in [6.07, 6.45) is 1.83. The molecule has 3 N–H and O–H groups in total. The topological polar surface area (TPSA) is 68.8 Å². The first-order chi connectivity index (χ1) is 14.6. The smallest absolute Gasteiger partial charge is 0.251 e. The van der Waals surface area contributed by atoms with Crippen molar-refractivity contribution in [1.82, 2.24) is 16.0 Å². The SMILES string of the molecule is CCNC(=NCCc1cccc(C(=O)NC)c1)NC1CCN(c2cccc(Cl)c2)C1.I. The maximum absolute atomic E-state index is 11.8. The molecule has 1 amide bonds. The fourth-order valence-corrected chi connectivity index (χ4v) is 3.79. The molecule has 1 fully saturated rings. The maximum Gasteiger partial charge on any atom is 0.251 e. The van der Waals surface area contributed by atoms with Crippen molar-refractivity contribution in [2.45, 2.75) is 25.8 Å². The van der Waals surface area contributed by atoms with Crippen LogP contribution in [0.3, 0.4) is 0 Å². The van der Waals surface area contributed by atoms with Crippen LogP contribution in [0.1, 0.15) is 29.3 Å². The van der Waals surface area contributed by atoms with E-state index in [1.165, 1.54) is 0 Å². The summed E-state index contributed by atoms with van der Waals surface area (Å²) in [7, 11) is 1.64. The fourth-order valence-electron chi connectivity index (χ4n) is 3.61. The van der Waals surface area contributed by atoms with E-state index in [4.69, 9.17) is 16.6 Å². The van der Waals surface area contributed by atoms with Crippen LogP contribution < -0.4 is 20.9 Å². The van der Waals surface area contributed by atoms with E-state index < -0.39 is 0 Å². The van der Waals surface area contributed by atoms with Crippen molar-refractivity contribution >= 4 is 53.1 Å². The molecule has 0 saturated carbocycles. The number of nitrogens with one attached hydrogen (secondary N) is 3. The van der Waals surface area contributed by atoms with Crippen LogP contribution in [-0.2, 0) is 6.42 Å². The zero-order valence-electron chi connectivity index (χ0n) is 18.0. The van der Waals surface area contributed by atoms with Crippen LogP contribution in [0.25, 0.3) is 0 Å². The highest BCUT2D eigenvalue weighted by atomic mass is 127. The van der Waals surface area contributed by atoms with Gasteiger partial charge in [-0.3, -0.25) is 9.79 Å². The third-order valence-corrected chi connectivity index (χ3v) is 5.37. The van der Waals surface area contributed by atoms with Gasteiger partial charge >= 0.3 is 0 Å². The van der Waals surface area contributed by atoms with E-state index in [0.29, 0.717) is 18.2 Å². The van der Waals surface area contributed by atoms with Gasteiger partial charge in [-0.1, -0.05) is 29.8 Å². The molecule has 6 nitrogen and oxygen atoms in total. The normalized spacial score (nSPS) is 15.9. The van der Waals surface area contributed by atoms with Crippen molar-refractivity contribution in [1.29, 1.82) is 0 Å². The summed E-state index contributed by atoms with van der Waals surface area (Å²) < 4.78 is 0. The minimum absolute atomic E-state index is 0. The second-order valence-corrected chi connectivity index (χ2v) is 7.78. The zero-order chi connectivity index (χ0) is 21.3. The Morgan fingerprint density at radius 1 is 1.23 bits per heavy atom. The van der Waals surface area contributed by atoms with Crippen molar-refractivity contribution in [3.05, 3.63) is 64.7 Å². The van der Waals surface area contributed by atoms with E-state index in [-0.39, 0.29) is 29.9 Å². The number of halogens is 2. The number of nitrogens with zero attached hydrogens (tertiary/aromatic N) is 2. The average molecular weight is 556 g/mol. The van der Waals surface area contributed by atoms with Gasteiger partial charge in [0, 0.05) is 55.5 Å². The van der Waals surface area contributed by atoms with Crippen LogP contribution >= 0.6 is 35.6 Å². The molecule has 1 atom stereocenters. The minimum atomic E-state index is -0.0687. The summed E-state index contributed by atoms with van der Waals surface area (Å²) in [5.74, 6) is 0.763. The number of guanidine groups is 1. The Kier molecular flexibility index (Phi) is 10.4. The lowest BCUT2D eigenvalue weighted by Crippen LogP contribution is -2.44. The maximum atomic E-state index is 11.8. The van der Waals surface area contributed by atoms with E-state index in [1.807, 2.05) is 42.5 Å². The predicted octanol–water partition coefficient (Wildman–Crippen LogP) is 3.69. The average Bonchev–Trinajstić information content (AvgIpc) is 3.22. The summed E-state index contributed by atoms with van der Waals surface area (Å²) >= 11 is 6.13. The third-order valence-electron chi connectivity index (χ3n) is 5.13. The molecule has 0 aromatic heterocycles. The lowest BCUT2D eigenvalue weighted by atomic mass is 10.1. The van der Waals surface area contributed by atoms with Crippen molar-refractivity contribution in [3.8, 4) is 0 Å². The molecule has 1 unspecified atom stereocenters. The molecule has 0 aliphatic carbocycles. The fraction of sp³-hybridized carbons (Fsp3) is 0.391. The van der Waals surface area contributed by atoms with Gasteiger partial charge in [0.05, 0.1) is 0 Å². The Hall–Kier alpha value is -2.00. The molecular formula is C23H31ClIN5O. The van der Waals surface area contributed by atoms with Crippen molar-refractivity contribution in [3.63, 3.8) is 0 Å². The van der Waals surface area contributed by atoms with E-state index >= 15 is 0 Å². The van der Waals surface area contributed by atoms with Gasteiger partial charge in [-0.25, -0.2) is 0 Å². The van der Waals surface area contributed by atoms with Crippen LogP contribution in [-0.4, -0.2) is 51.1 Å². The number of anilines is 1. The third kappa shape index (κ3) is 7.57. The molecule has 0 radical (unpaired) electrons. The number of benzene rings is 2. The molecular weight excluding hydrogens is 525 g/mol. The van der Waals surface area contributed by atoms with Crippen molar-refractivity contribution in [2.24, 2.45) is 4.99 Å². The molecule has 1 aliphatic heterocycles. The van der Waals surface area contributed by atoms with Gasteiger partial charge in [0.15, 0.2) is 5.96 Å². The highest BCUT2D eigenvalue weighted by Gasteiger charge is 2.23. The quantitative estimate of drug-likeness (QED) is 0.277. The monoisotopic (exact) mass is 555 g/mol. The Bertz CT molecular complexity index is 892. The molecule has 31 heavy (non-hydrogen) atoms. The standard InChI is InChI=1S/C23H30ClN5O.HI/c1-3-26-23(27-12-10-17-6-4-7-18(14-17)22(30)25-2)28-20-11-13-29(16-20)21-9-5-8-19(24)15-21;/h4-9,14-15,20H,3,10-13,16H2,1-2H3,(H,25,30)(H2,26,27,28);1H. The Labute approximate surface area is 206 Å². The number of carbonyl (C=O) groups excluding carboxylic acids is 1. The second kappa shape index (κ2) is 12.8. The van der Waals surface area contributed by atoms with E-state index in [0.717, 1.165) is 54.7 Å². The molecule has 1 saturated heterocycles. The van der Waals surface area contributed by atoms with Crippen molar-refractivity contribution < 1.29 is 4.79 Å². The molecule has 0 bridgehead atoms. The molecule has 2 aromatic rings. The molecule has 1 heterocycles. The summed E-state index contributed by atoms with van der Waals surface area (Å²) in [5, 5.41) is 10.3. The summed E-state index contributed by atoms with van der Waals surface area (Å²) in [6.45, 7) is 5.43. The van der Waals surface area contributed by atoms with Crippen LogP contribution in [0.4, 0.5) is 5.69 Å². The van der Waals surface area contributed by atoms with Gasteiger partial charge in [0.1, 0.15) is 0 Å². The number of amides is 1. The molecule has 0 spiro atoms. The number of carbonyl (C=O) groups is 1. The number of hydrogen-bond donors (Lipinski definition) is 3. The highest BCUT2D eigenvalue weighted by Crippen LogP contribution is 2.23. The summed E-state index contributed by atoms with van der Waals surface area (Å²) in [5.41, 5.74) is 2.93. The van der Waals surface area contributed by atoms with Gasteiger partial charge in [-0.2, -0.15) is 0 Å². The van der Waals surface area contributed by atoms with E-state index in [9.17, 15) is 4.79 Å². The Balaban J connectivity index is 0.00000341. The van der Waals surface area contributed by atoms with Gasteiger partial charge in [-0.05, 0) is 55.7 Å². The molecule has 3 rings (SSSR count). The minimum Gasteiger partial charge on any atom is -0.369 e. The van der Waals surface area contributed by atoms with Gasteiger partial charge in [-0.15, -0.1) is 24.0 Å². The highest BCUT2D eigenvalue weighted by molar-refractivity contribution is 14.0. The van der Waals surface area contributed by atoms with Crippen LogP contribution in [0.5, 0.6) is 0 Å². The van der Waals surface area contributed by atoms with Crippen LogP contribution in [0.2, 0.25) is 5.02 Å². The first kappa shape index (κ1) is 25.3. The molecule has 1 aliphatic rings. The van der Waals surface area contributed by atoms with Crippen LogP contribution in [0, 0.1) is 0 Å². The Morgan fingerprint density at radius 2 is 2.03 bits per heavy atom. The van der Waals surface area contributed by atoms with Crippen LogP contribution in [0.15, 0.2) is 53.5 Å². The van der Waals surface area contributed by atoms with E-state index in [1.54, 1.807) is 7.05 Å². The predicted molar refractivity (Wildman–Crippen MR) is 140 cm³/mol.